The molecule has 3 rings (SSSR count). The molecule has 2 aromatic heterocycles. The lowest BCUT2D eigenvalue weighted by molar-refractivity contribution is -0.124. The number of nitrogens with zero attached hydrogens (tertiary/aromatic N) is 4. The summed E-state index contributed by atoms with van der Waals surface area (Å²) in [6, 6.07) is 1.46. The topological polar surface area (TPSA) is 92.1 Å². The predicted molar refractivity (Wildman–Crippen MR) is 121 cm³/mol. The van der Waals surface area contributed by atoms with E-state index < -0.39 is 11.5 Å². The van der Waals surface area contributed by atoms with E-state index in [0.717, 1.165) is 17.7 Å². The molecule has 2 N–H and O–H groups in total. The number of likely N-dealkylation sites (N-methyl/N-ethyl adjacent to an activating group) is 1. The normalized spacial score (nSPS) is 18.1. The molecule has 31 heavy (non-hydrogen) atoms. The van der Waals surface area contributed by atoms with E-state index in [1.807, 2.05) is 27.8 Å². The van der Waals surface area contributed by atoms with E-state index in [9.17, 15) is 9.59 Å². The van der Waals surface area contributed by atoms with Gasteiger partial charge in [-0.05, 0) is 31.9 Å². The summed E-state index contributed by atoms with van der Waals surface area (Å²) in [7, 11) is 3.60. The summed E-state index contributed by atoms with van der Waals surface area (Å²) in [5, 5.41) is 6.03. The lowest BCUT2D eigenvalue weighted by atomic mass is 9.86. The first-order valence-corrected chi connectivity index (χ1v) is 10.8. The maximum absolute atomic E-state index is 13.4. The molecule has 0 saturated heterocycles. The van der Waals surface area contributed by atoms with Gasteiger partial charge in [-0.25, -0.2) is 4.98 Å². The fourth-order valence-corrected chi connectivity index (χ4v) is 3.98. The number of amides is 2. The van der Waals surface area contributed by atoms with Gasteiger partial charge in [0.2, 0.25) is 5.91 Å². The Labute approximate surface area is 188 Å². The van der Waals surface area contributed by atoms with Gasteiger partial charge in [-0.2, -0.15) is 0 Å². The van der Waals surface area contributed by atoms with Crippen LogP contribution in [0.15, 0.2) is 18.5 Å². The monoisotopic (exact) mass is 446 g/mol. The second kappa shape index (κ2) is 8.96. The van der Waals surface area contributed by atoms with E-state index in [0.29, 0.717) is 35.7 Å². The highest BCUT2D eigenvalue weighted by molar-refractivity contribution is 6.33. The number of carbonyl (C=O) groups excluding carboxylic acids is 2. The summed E-state index contributed by atoms with van der Waals surface area (Å²) in [5.41, 5.74) is 1.40. The molecule has 0 unspecified atom stereocenters. The van der Waals surface area contributed by atoms with Crippen LogP contribution in [0.3, 0.4) is 0 Å². The van der Waals surface area contributed by atoms with Gasteiger partial charge in [-0.3, -0.25) is 19.5 Å². The molecule has 0 aliphatic carbocycles. The Balaban J connectivity index is 2.09. The number of halogens is 1. The van der Waals surface area contributed by atoms with Crippen molar-refractivity contribution in [2.45, 2.75) is 59.3 Å². The molecule has 1 aliphatic heterocycles. The first-order chi connectivity index (χ1) is 14.5. The van der Waals surface area contributed by atoms with Gasteiger partial charge in [-0.15, -0.1) is 0 Å². The third kappa shape index (κ3) is 4.75. The second-order valence-corrected chi connectivity index (χ2v) is 9.58. The van der Waals surface area contributed by atoms with Crippen LogP contribution in [0.25, 0.3) is 11.4 Å². The van der Waals surface area contributed by atoms with Crippen LogP contribution in [0.4, 0.5) is 0 Å². The van der Waals surface area contributed by atoms with Gasteiger partial charge in [0, 0.05) is 44.1 Å². The zero-order valence-electron chi connectivity index (χ0n) is 19.0. The third-order valence-corrected chi connectivity index (χ3v) is 6.17. The van der Waals surface area contributed by atoms with E-state index in [1.165, 1.54) is 0 Å². The SMILES string of the molecule is CNC(=O)[C@@H](NC(=O)c1nc(-c2ccncc2Cl)n2c1CN(C)[C@H](C)CC2)C(C)(C)C. The quantitative estimate of drug-likeness (QED) is 0.753. The zero-order chi connectivity index (χ0) is 22.9. The number of fused-ring (bicyclic) bond motifs is 1. The first kappa shape index (κ1) is 23.2. The maximum atomic E-state index is 13.4. The first-order valence-electron chi connectivity index (χ1n) is 10.5. The van der Waals surface area contributed by atoms with Crippen molar-refractivity contribution < 1.29 is 9.59 Å². The molecule has 0 bridgehead atoms. The van der Waals surface area contributed by atoms with Crippen molar-refractivity contribution in [2.24, 2.45) is 5.41 Å². The smallest absolute Gasteiger partial charge is 0.272 e. The van der Waals surface area contributed by atoms with Crippen molar-refractivity contribution in [3.05, 3.63) is 34.9 Å². The van der Waals surface area contributed by atoms with Crippen LogP contribution in [-0.4, -0.2) is 57.4 Å². The predicted octanol–water partition coefficient (Wildman–Crippen LogP) is 2.71. The third-order valence-electron chi connectivity index (χ3n) is 5.87. The molecule has 0 spiro atoms. The van der Waals surface area contributed by atoms with E-state index in [-0.39, 0.29) is 11.8 Å². The lowest BCUT2D eigenvalue weighted by Gasteiger charge is -2.29. The molecule has 9 heteroatoms. The summed E-state index contributed by atoms with van der Waals surface area (Å²) in [6.45, 7) is 9.20. The van der Waals surface area contributed by atoms with Crippen LogP contribution in [0.1, 0.15) is 50.3 Å². The number of rotatable bonds is 4. The molecule has 2 atom stereocenters. The summed E-state index contributed by atoms with van der Waals surface area (Å²) in [5.74, 6) is 0.0308. The second-order valence-electron chi connectivity index (χ2n) is 9.18. The summed E-state index contributed by atoms with van der Waals surface area (Å²) in [6.07, 6.45) is 4.15. The standard InChI is InChI=1S/C22H31ClN6O2/c1-13-8-10-29-16(12-28(13)6)17(26-19(29)14-7-9-25-11-15(14)23)20(30)27-18(21(31)24-5)22(2,3)4/h7,9,11,13,18H,8,10,12H2,1-6H3,(H,24,31)(H,27,30)/t13-,18-/m1/s1. The van der Waals surface area contributed by atoms with Crippen molar-refractivity contribution in [3.8, 4) is 11.4 Å². The highest BCUT2D eigenvalue weighted by atomic mass is 35.5. The van der Waals surface area contributed by atoms with Crippen molar-refractivity contribution in [2.75, 3.05) is 14.1 Å². The van der Waals surface area contributed by atoms with Gasteiger partial charge in [-0.1, -0.05) is 32.4 Å². The van der Waals surface area contributed by atoms with E-state index in [4.69, 9.17) is 16.6 Å². The summed E-state index contributed by atoms with van der Waals surface area (Å²) < 4.78 is 2.07. The fourth-order valence-electron chi connectivity index (χ4n) is 3.78. The number of aromatic nitrogens is 3. The number of pyridine rings is 1. The largest absolute Gasteiger partial charge is 0.357 e. The number of hydrogen-bond acceptors (Lipinski definition) is 5. The van der Waals surface area contributed by atoms with E-state index in [1.54, 1.807) is 25.5 Å². The Bertz CT molecular complexity index is 981. The molecule has 0 fully saturated rings. The molecule has 1 aliphatic rings. The van der Waals surface area contributed by atoms with Crippen LogP contribution in [0, 0.1) is 5.41 Å². The Morgan fingerprint density at radius 1 is 1.32 bits per heavy atom. The van der Waals surface area contributed by atoms with Gasteiger partial charge < -0.3 is 15.2 Å². The number of nitrogens with one attached hydrogen (secondary N) is 2. The minimum Gasteiger partial charge on any atom is -0.357 e. The molecular formula is C22H31ClN6O2. The van der Waals surface area contributed by atoms with E-state index >= 15 is 0 Å². The van der Waals surface area contributed by atoms with E-state index in [2.05, 4.69) is 32.0 Å². The number of carbonyl (C=O) groups is 2. The zero-order valence-corrected chi connectivity index (χ0v) is 19.7. The van der Waals surface area contributed by atoms with Gasteiger partial charge in [0.15, 0.2) is 5.69 Å². The average Bonchev–Trinajstić information content (AvgIpc) is 2.99. The molecule has 168 valence electrons. The molecule has 2 aromatic rings. The number of imidazole rings is 1. The van der Waals surface area contributed by atoms with Gasteiger partial charge in [0.05, 0.1) is 10.7 Å². The minimum atomic E-state index is -0.697. The molecule has 8 nitrogen and oxygen atoms in total. The minimum absolute atomic E-state index is 0.241. The van der Waals surface area contributed by atoms with Crippen LogP contribution in [-0.2, 0) is 17.9 Å². The van der Waals surface area contributed by atoms with Crippen molar-refractivity contribution in [1.82, 2.24) is 30.1 Å². The molecule has 0 saturated carbocycles. The van der Waals surface area contributed by atoms with Crippen LogP contribution in [0.5, 0.6) is 0 Å². The Morgan fingerprint density at radius 3 is 2.65 bits per heavy atom. The molecular weight excluding hydrogens is 416 g/mol. The summed E-state index contributed by atoms with van der Waals surface area (Å²) in [4.78, 5) is 36.8. The molecule has 2 amide bonds. The van der Waals surface area contributed by atoms with Crippen LogP contribution in [0.2, 0.25) is 5.02 Å². The molecule has 0 aromatic carbocycles. The Kier molecular flexibility index (Phi) is 6.71. The average molecular weight is 447 g/mol. The maximum Gasteiger partial charge on any atom is 0.272 e. The molecule has 0 radical (unpaired) electrons. The van der Waals surface area contributed by atoms with Crippen molar-refractivity contribution in [1.29, 1.82) is 0 Å². The lowest BCUT2D eigenvalue weighted by Crippen LogP contribution is -2.53. The number of hydrogen-bond donors (Lipinski definition) is 2. The molecule has 3 heterocycles. The van der Waals surface area contributed by atoms with Crippen LogP contribution < -0.4 is 10.6 Å². The van der Waals surface area contributed by atoms with Crippen LogP contribution >= 0.6 is 11.6 Å². The highest BCUT2D eigenvalue weighted by Gasteiger charge is 2.35. The Hall–Kier alpha value is -2.45. The Morgan fingerprint density at radius 2 is 2.03 bits per heavy atom. The van der Waals surface area contributed by atoms with Gasteiger partial charge in [0.1, 0.15) is 11.9 Å². The van der Waals surface area contributed by atoms with Crippen molar-refractivity contribution >= 4 is 23.4 Å². The van der Waals surface area contributed by atoms with Gasteiger partial charge in [0.25, 0.3) is 5.91 Å². The highest BCUT2D eigenvalue weighted by Crippen LogP contribution is 2.31. The van der Waals surface area contributed by atoms with Gasteiger partial charge >= 0.3 is 0 Å². The van der Waals surface area contributed by atoms with Crippen molar-refractivity contribution in [3.63, 3.8) is 0 Å². The summed E-state index contributed by atoms with van der Waals surface area (Å²) >= 11 is 6.41. The fraction of sp³-hybridized carbons (Fsp3) is 0.545.